The third kappa shape index (κ3) is 3.07. The summed E-state index contributed by atoms with van der Waals surface area (Å²) in [4.78, 5) is 22.7. The number of anilines is 1. The molecule has 1 saturated carbocycles. The molecule has 18 heavy (non-hydrogen) atoms. The number of carbonyl (C=O) groups excluding carboxylic acids is 1. The maximum Gasteiger partial charge on any atom is 0.337 e. The maximum absolute atomic E-state index is 11.7. The first-order chi connectivity index (χ1) is 8.58. The fourth-order valence-electron chi connectivity index (χ4n) is 1.88. The molecule has 0 saturated heterocycles. The van der Waals surface area contributed by atoms with Crippen LogP contribution >= 0.6 is 0 Å². The Bertz CT molecular complexity index is 469. The number of hydrogen-bond donors (Lipinski definition) is 3. The van der Waals surface area contributed by atoms with E-state index < -0.39 is 5.97 Å². The monoisotopic (exact) mass is 248 g/mol. The molecule has 0 spiro atoms. The van der Waals surface area contributed by atoms with Crippen LogP contribution in [0.2, 0.25) is 0 Å². The topological polar surface area (TPSA) is 92.4 Å². The summed E-state index contributed by atoms with van der Waals surface area (Å²) in [6, 6.07) is 6.21. The number of aromatic carboxylic acids is 1. The van der Waals surface area contributed by atoms with Crippen molar-refractivity contribution >= 4 is 17.6 Å². The van der Waals surface area contributed by atoms with Crippen LogP contribution in [0, 0.1) is 5.92 Å². The lowest BCUT2D eigenvalue weighted by molar-refractivity contribution is -0.116. The van der Waals surface area contributed by atoms with Gasteiger partial charge in [0.15, 0.2) is 0 Å². The van der Waals surface area contributed by atoms with E-state index in [1.807, 2.05) is 0 Å². The Labute approximate surface area is 105 Å². The van der Waals surface area contributed by atoms with Crippen molar-refractivity contribution in [3.63, 3.8) is 0 Å². The van der Waals surface area contributed by atoms with Gasteiger partial charge in [-0.05, 0) is 30.9 Å². The van der Waals surface area contributed by atoms with E-state index in [0.717, 1.165) is 12.8 Å². The Balaban J connectivity index is 1.99. The van der Waals surface area contributed by atoms with Crippen molar-refractivity contribution in [2.75, 3.05) is 5.32 Å². The van der Waals surface area contributed by atoms with E-state index in [-0.39, 0.29) is 23.9 Å². The van der Waals surface area contributed by atoms with Crippen molar-refractivity contribution in [3.8, 4) is 0 Å². The van der Waals surface area contributed by atoms with Crippen LogP contribution in [0.1, 0.15) is 29.6 Å². The molecule has 2 rings (SSSR count). The van der Waals surface area contributed by atoms with Crippen LogP contribution < -0.4 is 11.1 Å². The van der Waals surface area contributed by atoms with E-state index in [1.54, 1.807) is 18.2 Å². The van der Waals surface area contributed by atoms with Crippen LogP contribution in [0.3, 0.4) is 0 Å². The molecule has 1 aliphatic carbocycles. The number of benzene rings is 1. The van der Waals surface area contributed by atoms with Crippen molar-refractivity contribution in [2.24, 2.45) is 11.7 Å². The molecule has 1 fully saturated rings. The summed E-state index contributed by atoms with van der Waals surface area (Å²) >= 11 is 0. The Hall–Kier alpha value is -1.88. The van der Waals surface area contributed by atoms with Gasteiger partial charge in [-0.25, -0.2) is 4.79 Å². The molecule has 4 N–H and O–H groups in total. The number of carboxylic acids is 1. The minimum Gasteiger partial charge on any atom is -0.478 e. The van der Waals surface area contributed by atoms with Gasteiger partial charge in [0.1, 0.15) is 0 Å². The SMILES string of the molecule is NC(CC(=O)Nc1ccccc1C(=O)O)C1CC1. The molecule has 0 radical (unpaired) electrons. The Kier molecular flexibility index (Phi) is 3.62. The fraction of sp³-hybridized carbons (Fsp3) is 0.385. The van der Waals surface area contributed by atoms with E-state index in [1.165, 1.54) is 6.07 Å². The minimum atomic E-state index is -1.06. The van der Waals surface area contributed by atoms with Gasteiger partial charge in [-0.15, -0.1) is 0 Å². The molecule has 5 nitrogen and oxygen atoms in total. The smallest absolute Gasteiger partial charge is 0.337 e. The number of nitrogens with one attached hydrogen (secondary N) is 1. The lowest BCUT2D eigenvalue weighted by Gasteiger charge is -2.11. The molecule has 1 amide bonds. The predicted molar refractivity (Wildman–Crippen MR) is 67.3 cm³/mol. The molecule has 0 aromatic heterocycles. The van der Waals surface area contributed by atoms with Crippen molar-refractivity contribution in [2.45, 2.75) is 25.3 Å². The average Bonchev–Trinajstić information content (AvgIpc) is 3.12. The van der Waals surface area contributed by atoms with Gasteiger partial charge in [0, 0.05) is 12.5 Å². The molecule has 96 valence electrons. The van der Waals surface area contributed by atoms with Crippen LogP contribution in [-0.4, -0.2) is 23.0 Å². The van der Waals surface area contributed by atoms with E-state index in [2.05, 4.69) is 5.32 Å². The molecular formula is C13H16N2O3. The van der Waals surface area contributed by atoms with Gasteiger partial charge >= 0.3 is 5.97 Å². The summed E-state index contributed by atoms with van der Waals surface area (Å²) in [5.74, 6) is -0.842. The number of amides is 1. The van der Waals surface area contributed by atoms with E-state index in [4.69, 9.17) is 10.8 Å². The third-order valence-electron chi connectivity index (χ3n) is 3.08. The highest BCUT2D eigenvalue weighted by Gasteiger charge is 2.29. The number of rotatable bonds is 5. The normalized spacial score (nSPS) is 16.1. The van der Waals surface area contributed by atoms with Crippen molar-refractivity contribution in [3.05, 3.63) is 29.8 Å². The molecule has 0 aliphatic heterocycles. The quantitative estimate of drug-likeness (QED) is 0.735. The fourth-order valence-corrected chi connectivity index (χ4v) is 1.88. The highest BCUT2D eigenvalue weighted by molar-refractivity contribution is 6.00. The van der Waals surface area contributed by atoms with Crippen molar-refractivity contribution in [1.29, 1.82) is 0 Å². The van der Waals surface area contributed by atoms with Gasteiger partial charge in [-0.1, -0.05) is 12.1 Å². The van der Waals surface area contributed by atoms with Crippen molar-refractivity contribution < 1.29 is 14.7 Å². The van der Waals surface area contributed by atoms with Crippen molar-refractivity contribution in [1.82, 2.24) is 0 Å². The summed E-state index contributed by atoms with van der Waals surface area (Å²) in [5, 5.41) is 11.6. The van der Waals surface area contributed by atoms with E-state index in [9.17, 15) is 9.59 Å². The standard InChI is InChI=1S/C13H16N2O3/c14-10(8-5-6-8)7-12(16)15-11-4-2-1-3-9(11)13(17)18/h1-4,8,10H,5-7,14H2,(H,15,16)(H,17,18). The molecule has 0 bridgehead atoms. The Morgan fingerprint density at radius 2 is 2.06 bits per heavy atom. The number of carbonyl (C=O) groups is 2. The molecule has 1 unspecified atom stereocenters. The molecule has 0 heterocycles. The third-order valence-corrected chi connectivity index (χ3v) is 3.08. The molecule has 1 aliphatic rings. The zero-order valence-corrected chi connectivity index (χ0v) is 9.93. The Morgan fingerprint density at radius 1 is 1.39 bits per heavy atom. The first kappa shape index (κ1) is 12.6. The summed E-state index contributed by atoms with van der Waals surface area (Å²) < 4.78 is 0. The lowest BCUT2D eigenvalue weighted by Crippen LogP contribution is -2.29. The molecular weight excluding hydrogens is 232 g/mol. The highest BCUT2D eigenvalue weighted by Crippen LogP contribution is 2.32. The van der Waals surface area contributed by atoms with Crippen LogP contribution in [0.4, 0.5) is 5.69 Å². The highest BCUT2D eigenvalue weighted by atomic mass is 16.4. The molecule has 1 atom stereocenters. The van der Waals surface area contributed by atoms with Crippen LogP contribution in [-0.2, 0) is 4.79 Å². The van der Waals surface area contributed by atoms with Crippen LogP contribution in [0.15, 0.2) is 24.3 Å². The van der Waals surface area contributed by atoms with E-state index >= 15 is 0 Å². The largest absolute Gasteiger partial charge is 0.478 e. The summed E-state index contributed by atoms with van der Waals surface area (Å²) in [7, 11) is 0. The molecule has 1 aromatic rings. The van der Waals surface area contributed by atoms with Crippen LogP contribution in [0.5, 0.6) is 0 Å². The summed E-state index contributed by atoms with van der Waals surface area (Å²) in [6.45, 7) is 0. The van der Waals surface area contributed by atoms with E-state index in [0.29, 0.717) is 11.6 Å². The van der Waals surface area contributed by atoms with Gasteiger partial charge in [-0.3, -0.25) is 4.79 Å². The predicted octanol–water partition coefficient (Wildman–Crippen LogP) is 1.45. The molecule has 5 heteroatoms. The summed E-state index contributed by atoms with van der Waals surface area (Å²) in [6.07, 6.45) is 2.40. The minimum absolute atomic E-state index is 0.0887. The number of para-hydroxylation sites is 1. The maximum atomic E-state index is 11.7. The first-order valence-electron chi connectivity index (χ1n) is 5.95. The molecule has 1 aromatic carbocycles. The second-order valence-corrected chi connectivity index (χ2v) is 4.60. The van der Waals surface area contributed by atoms with Gasteiger partial charge in [0.2, 0.25) is 5.91 Å². The van der Waals surface area contributed by atoms with Gasteiger partial charge in [0.25, 0.3) is 0 Å². The van der Waals surface area contributed by atoms with Gasteiger partial charge in [0.05, 0.1) is 11.3 Å². The number of nitrogens with two attached hydrogens (primary N) is 1. The zero-order valence-electron chi connectivity index (χ0n) is 9.93. The van der Waals surface area contributed by atoms with Gasteiger partial charge in [-0.2, -0.15) is 0 Å². The second-order valence-electron chi connectivity index (χ2n) is 4.60. The Morgan fingerprint density at radius 3 is 2.67 bits per heavy atom. The second kappa shape index (κ2) is 5.18. The number of carboxylic acid groups (broad SMARTS) is 1. The first-order valence-corrected chi connectivity index (χ1v) is 5.95. The lowest BCUT2D eigenvalue weighted by atomic mass is 10.1. The number of hydrogen-bond acceptors (Lipinski definition) is 3. The van der Waals surface area contributed by atoms with Gasteiger partial charge < -0.3 is 16.2 Å². The summed E-state index contributed by atoms with van der Waals surface area (Å²) in [5.41, 5.74) is 6.26. The van der Waals surface area contributed by atoms with Crippen LogP contribution in [0.25, 0.3) is 0 Å². The average molecular weight is 248 g/mol. The zero-order chi connectivity index (χ0) is 13.1.